The summed E-state index contributed by atoms with van der Waals surface area (Å²) in [6, 6.07) is 0. The van der Waals surface area contributed by atoms with E-state index in [0.717, 1.165) is 13.1 Å². The van der Waals surface area contributed by atoms with Gasteiger partial charge in [-0.15, -0.1) is 0 Å². The monoisotopic (exact) mass is 255 g/mol. The maximum Gasteiger partial charge on any atom is 0.224 e. The standard InChI is InChI=1S/C14H29N3O/c1-12(10-15-2)13(18)16-11-14(17(3)4)8-6-5-7-9-14/h12,15H,5-11H2,1-4H3,(H,16,18). The van der Waals surface area contributed by atoms with E-state index in [-0.39, 0.29) is 17.4 Å². The van der Waals surface area contributed by atoms with E-state index in [1.807, 2.05) is 14.0 Å². The Kier molecular flexibility index (Phi) is 6.09. The van der Waals surface area contributed by atoms with Gasteiger partial charge < -0.3 is 15.5 Å². The van der Waals surface area contributed by atoms with Crippen molar-refractivity contribution >= 4 is 5.91 Å². The quantitative estimate of drug-likeness (QED) is 0.750. The molecule has 0 radical (unpaired) electrons. The number of nitrogens with zero attached hydrogens (tertiary/aromatic N) is 1. The fraction of sp³-hybridized carbons (Fsp3) is 0.929. The van der Waals surface area contributed by atoms with Gasteiger partial charge in [0, 0.05) is 24.5 Å². The van der Waals surface area contributed by atoms with Gasteiger partial charge in [0.25, 0.3) is 0 Å². The molecular formula is C14H29N3O. The summed E-state index contributed by atoms with van der Waals surface area (Å²) in [4.78, 5) is 14.3. The van der Waals surface area contributed by atoms with E-state index in [1.54, 1.807) is 0 Å². The van der Waals surface area contributed by atoms with E-state index >= 15 is 0 Å². The van der Waals surface area contributed by atoms with Crippen molar-refractivity contribution in [1.82, 2.24) is 15.5 Å². The number of hydrogen-bond acceptors (Lipinski definition) is 3. The van der Waals surface area contributed by atoms with Crippen LogP contribution in [0.5, 0.6) is 0 Å². The number of carbonyl (C=O) groups excluding carboxylic acids is 1. The molecule has 0 bridgehead atoms. The van der Waals surface area contributed by atoms with Gasteiger partial charge in [-0.3, -0.25) is 4.79 Å². The maximum atomic E-state index is 12.0. The summed E-state index contributed by atoms with van der Waals surface area (Å²) in [5.74, 6) is 0.203. The number of carbonyl (C=O) groups is 1. The zero-order chi connectivity index (χ0) is 13.6. The maximum absolute atomic E-state index is 12.0. The van der Waals surface area contributed by atoms with Crippen LogP contribution in [0.3, 0.4) is 0 Å². The van der Waals surface area contributed by atoms with Crippen LogP contribution >= 0.6 is 0 Å². The fourth-order valence-corrected chi connectivity index (χ4v) is 2.82. The van der Waals surface area contributed by atoms with E-state index in [9.17, 15) is 4.79 Å². The van der Waals surface area contributed by atoms with E-state index in [0.29, 0.717) is 0 Å². The van der Waals surface area contributed by atoms with Crippen LogP contribution in [0.4, 0.5) is 0 Å². The molecule has 4 heteroatoms. The molecule has 18 heavy (non-hydrogen) atoms. The van der Waals surface area contributed by atoms with Gasteiger partial charge in [0.15, 0.2) is 0 Å². The molecule has 0 spiro atoms. The Balaban J connectivity index is 2.49. The average Bonchev–Trinajstić information content (AvgIpc) is 2.37. The molecule has 2 N–H and O–H groups in total. The summed E-state index contributed by atoms with van der Waals surface area (Å²) in [6.07, 6.45) is 6.28. The lowest BCUT2D eigenvalue weighted by molar-refractivity contribution is -0.125. The van der Waals surface area contributed by atoms with Gasteiger partial charge in [0.05, 0.1) is 0 Å². The second-order valence-electron chi connectivity index (χ2n) is 5.86. The minimum Gasteiger partial charge on any atom is -0.354 e. The first-order valence-corrected chi connectivity index (χ1v) is 7.11. The lowest BCUT2D eigenvalue weighted by atomic mass is 9.80. The summed E-state index contributed by atoms with van der Waals surface area (Å²) in [5, 5.41) is 6.19. The molecule has 1 saturated carbocycles. The van der Waals surface area contributed by atoms with E-state index in [4.69, 9.17) is 0 Å². The Hall–Kier alpha value is -0.610. The molecule has 4 nitrogen and oxygen atoms in total. The van der Waals surface area contributed by atoms with Crippen molar-refractivity contribution in [3.63, 3.8) is 0 Å². The molecule has 1 amide bonds. The highest BCUT2D eigenvalue weighted by Gasteiger charge is 2.34. The van der Waals surface area contributed by atoms with Crippen LogP contribution in [0, 0.1) is 5.92 Å². The molecule has 0 saturated heterocycles. The molecule has 106 valence electrons. The minimum atomic E-state index is 0.0396. The Bertz CT molecular complexity index is 260. The Morgan fingerprint density at radius 1 is 1.28 bits per heavy atom. The summed E-state index contributed by atoms with van der Waals surface area (Å²) >= 11 is 0. The highest BCUT2D eigenvalue weighted by atomic mass is 16.1. The zero-order valence-corrected chi connectivity index (χ0v) is 12.4. The highest BCUT2D eigenvalue weighted by Crippen LogP contribution is 2.31. The predicted molar refractivity (Wildman–Crippen MR) is 75.6 cm³/mol. The first-order valence-electron chi connectivity index (χ1n) is 7.11. The van der Waals surface area contributed by atoms with Crippen LogP contribution in [0.25, 0.3) is 0 Å². The van der Waals surface area contributed by atoms with Crippen molar-refractivity contribution < 1.29 is 4.79 Å². The third-order valence-electron chi connectivity index (χ3n) is 4.28. The largest absolute Gasteiger partial charge is 0.354 e. The first-order chi connectivity index (χ1) is 8.52. The number of rotatable bonds is 6. The van der Waals surface area contributed by atoms with Crippen molar-refractivity contribution in [3.05, 3.63) is 0 Å². The SMILES string of the molecule is CNCC(C)C(=O)NCC1(N(C)C)CCCCC1. The topological polar surface area (TPSA) is 44.4 Å². The molecule has 1 rings (SSSR count). The summed E-state index contributed by atoms with van der Waals surface area (Å²) < 4.78 is 0. The van der Waals surface area contributed by atoms with Crippen LogP contribution in [0.15, 0.2) is 0 Å². The second kappa shape index (κ2) is 7.10. The smallest absolute Gasteiger partial charge is 0.224 e. The lowest BCUT2D eigenvalue weighted by Gasteiger charge is -2.43. The molecular weight excluding hydrogens is 226 g/mol. The van der Waals surface area contributed by atoms with Crippen LogP contribution in [0.2, 0.25) is 0 Å². The van der Waals surface area contributed by atoms with Gasteiger partial charge in [0.2, 0.25) is 5.91 Å². The van der Waals surface area contributed by atoms with Crippen LogP contribution < -0.4 is 10.6 Å². The Labute approximate surface area is 111 Å². The fourth-order valence-electron chi connectivity index (χ4n) is 2.82. The third kappa shape index (κ3) is 3.95. The molecule has 1 atom stereocenters. The minimum absolute atomic E-state index is 0.0396. The average molecular weight is 255 g/mol. The second-order valence-corrected chi connectivity index (χ2v) is 5.86. The van der Waals surface area contributed by atoms with E-state index in [1.165, 1.54) is 32.1 Å². The van der Waals surface area contributed by atoms with Crippen molar-refractivity contribution in [2.45, 2.75) is 44.6 Å². The van der Waals surface area contributed by atoms with E-state index < -0.39 is 0 Å². The summed E-state index contributed by atoms with van der Waals surface area (Å²) in [6.45, 7) is 3.49. The molecule has 0 heterocycles. The molecule has 0 aromatic rings. The number of amides is 1. The van der Waals surface area contributed by atoms with Gasteiger partial charge in [-0.1, -0.05) is 26.2 Å². The molecule has 1 aliphatic rings. The Morgan fingerprint density at radius 3 is 2.39 bits per heavy atom. The van der Waals surface area contributed by atoms with Gasteiger partial charge in [-0.2, -0.15) is 0 Å². The van der Waals surface area contributed by atoms with Crippen molar-refractivity contribution in [3.8, 4) is 0 Å². The highest BCUT2D eigenvalue weighted by molar-refractivity contribution is 5.78. The molecule has 0 aliphatic heterocycles. The van der Waals surface area contributed by atoms with Crippen LogP contribution in [-0.4, -0.2) is 50.6 Å². The van der Waals surface area contributed by atoms with Gasteiger partial charge in [-0.25, -0.2) is 0 Å². The normalized spacial score (nSPS) is 20.7. The predicted octanol–water partition coefficient (Wildman–Crippen LogP) is 1.22. The van der Waals surface area contributed by atoms with Gasteiger partial charge in [-0.05, 0) is 34.0 Å². The lowest BCUT2D eigenvalue weighted by Crippen LogP contribution is -2.54. The third-order valence-corrected chi connectivity index (χ3v) is 4.28. The number of hydrogen-bond donors (Lipinski definition) is 2. The van der Waals surface area contributed by atoms with Crippen molar-refractivity contribution in [2.24, 2.45) is 5.92 Å². The first kappa shape index (κ1) is 15.4. The molecule has 0 aromatic carbocycles. The molecule has 1 aliphatic carbocycles. The number of nitrogens with one attached hydrogen (secondary N) is 2. The zero-order valence-electron chi connectivity index (χ0n) is 12.4. The van der Waals surface area contributed by atoms with Gasteiger partial charge >= 0.3 is 0 Å². The van der Waals surface area contributed by atoms with E-state index in [2.05, 4.69) is 29.6 Å². The summed E-state index contributed by atoms with van der Waals surface area (Å²) in [7, 11) is 6.15. The van der Waals surface area contributed by atoms with Crippen molar-refractivity contribution in [1.29, 1.82) is 0 Å². The molecule has 0 aromatic heterocycles. The molecule has 1 fully saturated rings. The van der Waals surface area contributed by atoms with Crippen LogP contribution in [-0.2, 0) is 4.79 Å². The Morgan fingerprint density at radius 2 is 1.89 bits per heavy atom. The number of likely N-dealkylation sites (N-methyl/N-ethyl adjacent to an activating group) is 1. The van der Waals surface area contributed by atoms with Crippen molar-refractivity contribution in [2.75, 3.05) is 34.2 Å². The molecule has 1 unspecified atom stereocenters. The summed E-state index contributed by atoms with van der Waals surface area (Å²) in [5.41, 5.74) is 0.174. The van der Waals surface area contributed by atoms with Crippen LogP contribution in [0.1, 0.15) is 39.0 Å². The van der Waals surface area contributed by atoms with Gasteiger partial charge in [0.1, 0.15) is 0 Å².